The van der Waals surface area contributed by atoms with Crippen LogP contribution in [0.5, 0.6) is 0 Å². The van der Waals surface area contributed by atoms with Gasteiger partial charge in [0.25, 0.3) is 0 Å². The third-order valence-corrected chi connectivity index (χ3v) is 2.42. The van der Waals surface area contributed by atoms with Gasteiger partial charge in [0.05, 0.1) is 0 Å². The SMILES string of the molecule is CC1=C(C)CN2C=CC=CC2=C1.Cl. The minimum atomic E-state index is 0. The standard InChI is InChI=1S/C11H13N.ClH/c1-9-7-11-5-3-4-6-12(11)8-10(9)2;/h3-7H,8H2,1-2H3;1H. The molecule has 0 spiro atoms. The van der Waals surface area contributed by atoms with Crippen molar-refractivity contribution in [2.45, 2.75) is 13.8 Å². The quantitative estimate of drug-likeness (QED) is 0.575. The minimum absolute atomic E-state index is 0. The van der Waals surface area contributed by atoms with Crippen LogP contribution < -0.4 is 0 Å². The Morgan fingerprint density at radius 2 is 2.00 bits per heavy atom. The van der Waals surface area contributed by atoms with Crippen LogP contribution in [0.4, 0.5) is 0 Å². The molecule has 0 unspecified atom stereocenters. The number of halogens is 1. The van der Waals surface area contributed by atoms with E-state index in [1.54, 1.807) is 0 Å². The van der Waals surface area contributed by atoms with Crippen LogP contribution in [0.25, 0.3) is 0 Å². The molecule has 0 saturated heterocycles. The van der Waals surface area contributed by atoms with Gasteiger partial charge in [0.15, 0.2) is 0 Å². The van der Waals surface area contributed by atoms with Gasteiger partial charge in [-0.15, -0.1) is 12.4 Å². The van der Waals surface area contributed by atoms with Crippen molar-refractivity contribution in [3.05, 3.63) is 47.3 Å². The van der Waals surface area contributed by atoms with E-state index >= 15 is 0 Å². The average Bonchev–Trinajstić information content (AvgIpc) is 2.07. The van der Waals surface area contributed by atoms with Gasteiger partial charge in [0, 0.05) is 18.4 Å². The lowest BCUT2D eigenvalue weighted by Gasteiger charge is -2.28. The first-order valence-corrected chi connectivity index (χ1v) is 4.27. The van der Waals surface area contributed by atoms with E-state index in [-0.39, 0.29) is 12.4 Å². The molecule has 0 bridgehead atoms. The zero-order chi connectivity index (χ0) is 8.55. The molecule has 13 heavy (non-hydrogen) atoms. The summed E-state index contributed by atoms with van der Waals surface area (Å²) >= 11 is 0. The van der Waals surface area contributed by atoms with E-state index in [1.165, 1.54) is 16.8 Å². The zero-order valence-corrected chi connectivity index (χ0v) is 8.77. The summed E-state index contributed by atoms with van der Waals surface area (Å²) < 4.78 is 0. The Balaban J connectivity index is 0.000000845. The smallest absolute Gasteiger partial charge is 0.0438 e. The molecule has 0 atom stereocenters. The minimum Gasteiger partial charge on any atom is -0.344 e. The Morgan fingerprint density at radius 3 is 2.77 bits per heavy atom. The summed E-state index contributed by atoms with van der Waals surface area (Å²) in [5.74, 6) is 0. The molecular weight excluding hydrogens is 182 g/mol. The highest BCUT2D eigenvalue weighted by Crippen LogP contribution is 2.22. The molecular formula is C11H14ClN. The maximum Gasteiger partial charge on any atom is 0.0438 e. The first kappa shape index (κ1) is 10.1. The number of allylic oxidation sites excluding steroid dienone is 5. The monoisotopic (exact) mass is 195 g/mol. The van der Waals surface area contributed by atoms with Crippen LogP contribution in [0, 0.1) is 0 Å². The van der Waals surface area contributed by atoms with E-state index in [1.807, 2.05) is 0 Å². The largest absolute Gasteiger partial charge is 0.344 e. The molecule has 0 aromatic heterocycles. The average molecular weight is 196 g/mol. The maximum absolute atomic E-state index is 2.27. The van der Waals surface area contributed by atoms with E-state index < -0.39 is 0 Å². The third-order valence-electron chi connectivity index (χ3n) is 2.42. The summed E-state index contributed by atoms with van der Waals surface area (Å²) in [5, 5.41) is 0. The highest BCUT2D eigenvalue weighted by molar-refractivity contribution is 5.85. The van der Waals surface area contributed by atoms with E-state index in [0.717, 1.165) is 6.54 Å². The molecule has 2 heteroatoms. The van der Waals surface area contributed by atoms with E-state index in [0.29, 0.717) is 0 Å². The molecule has 2 heterocycles. The molecule has 0 aliphatic carbocycles. The second-order valence-corrected chi connectivity index (χ2v) is 3.36. The highest BCUT2D eigenvalue weighted by Gasteiger charge is 2.12. The summed E-state index contributed by atoms with van der Waals surface area (Å²) in [4.78, 5) is 2.27. The number of hydrogen-bond donors (Lipinski definition) is 0. The number of rotatable bonds is 0. The summed E-state index contributed by atoms with van der Waals surface area (Å²) in [6, 6.07) is 0. The number of nitrogens with zero attached hydrogens (tertiary/aromatic N) is 1. The lowest BCUT2D eigenvalue weighted by Crippen LogP contribution is -2.22. The second kappa shape index (κ2) is 3.84. The number of fused-ring (bicyclic) bond motifs is 1. The summed E-state index contributed by atoms with van der Waals surface area (Å²) in [6.45, 7) is 5.40. The van der Waals surface area contributed by atoms with Crippen LogP contribution in [0.15, 0.2) is 47.3 Å². The Kier molecular flexibility index (Phi) is 2.99. The van der Waals surface area contributed by atoms with Crippen LogP contribution in [-0.4, -0.2) is 11.4 Å². The van der Waals surface area contributed by atoms with Gasteiger partial charge >= 0.3 is 0 Å². The molecule has 0 saturated carbocycles. The van der Waals surface area contributed by atoms with Gasteiger partial charge < -0.3 is 4.90 Å². The first-order valence-electron chi connectivity index (χ1n) is 4.27. The Morgan fingerprint density at radius 1 is 1.23 bits per heavy atom. The topological polar surface area (TPSA) is 3.24 Å². The van der Waals surface area contributed by atoms with Gasteiger partial charge in [-0.3, -0.25) is 0 Å². The third kappa shape index (κ3) is 1.86. The van der Waals surface area contributed by atoms with Crippen molar-refractivity contribution in [2.24, 2.45) is 0 Å². The van der Waals surface area contributed by atoms with Crippen molar-refractivity contribution in [1.29, 1.82) is 0 Å². The van der Waals surface area contributed by atoms with Crippen LogP contribution in [-0.2, 0) is 0 Å². The Bertz CT molecular complexity index is 321. The predicted molar refractivity (Wildman–Crippen MR) is 58.7 cm³/mol. The summed E-state index contributed by atoms with van der Waals surface area (Å²) in [5.41, 5.74) is 4.17. The predicted octanol–water partition coefficient (Wildman–Crippen LogP) is 3.03. The summed E-state index contributed by atoms with van der Waals surface area (Å²) in [7, 11) is 0. The maximum atomic E-state index is 2.27. The molecule has 2 aliphatic rings. The van der Waals surface area contributed by atoms with Gasteiger partial charge in [0.1, 0.15) is 0 Å². The molecule has 1 nitrogen and oxygen atoms in total. The molecule has 0 aromatic rings. The molecule has 0 fully saturated rings. The molecule has 2 rings (SSSR count). The lowest BCUT2D eigenvalue weighted by molar-refractivity contribution is 0.505. The highest BCUT2D eigenvalue weighted by atomic mass is 35.5. The van der Waals surface area contributed by atoms with Gasteiger partial charge in [-0.2, -0.15) is 0 Å². The lowest BCUT2D eigenvalue weighted by atomic mass is 10.0. The first-order chi connectivity index (χ1) is 5.77. The van der Waals surface area contributed by atoms with Gasteiger partial charge in [-0.1, -0.05) is 11.6 Å². The van der Waals surface area contributed by atoms with Crippen molar-refractivity contribution in [1.82, 2.24) is 4.90 Å². The Hall–Kier alpha value is -0.950. The van der Waals surface area contributed by atoms with Crippen LogP contribution >= 0.6 is 12.4 Å². The van der Waals surface area contributed by atoms with Gasteiger partial charge in [-0.25, -0.2) is 0 Å². The van der Waals surface area contributed by atoms with Crippen LogP contribution in [0.2, 0.25) is 0 Å². The fourth-order valence-electron chi connectivity index (χ4n) is 1.49. The van der Waals surface area contributed by atoms with E-state index in [2.05, 4.69) is 49.3 Å². The van der Waals surface area contributed by atoms with Crippen LogP contribution in [0.1, 0.15) is 13.8 Å². The molecule has 0 aromatic carbocycles. The second-order valence-electron chi connectivity index (χ2n) is 3.36. The molecule has 2 aliphatic heterocycles. The van der Waals surface area contributed by atoms with Crippen molar-refractivity contribution < 1.29 is 0 Å². The summed E-state index contributed by atoms with van der Waals surface area (Å²) in [6.07, 6.45) is 10.7. The zero-order valence-electron chi connectivity index (χ0n) is 7.95. The fraction of sp³-hybridized carbons (Fsp3) is 0.273. The van der Waals surface area contributed by atoms with Gasteiger partial charge in [-0.05, 0) is 37.6 Å². The van der Waals surface area contributed by atoms with Gasteiger partial charge in [0.2, 0.25) is 0 Å². The molecule has 0 amide bonds. The normalized spacial score (nSPS) is 19.5. The molecule has 70 valence electrons. The molecule has 0 radical (unpaired) electrons. The van der Waals surface area contributed by atoms with Crippen molar-refractivity contribution in [3.63, 3.8) is 0 Å². The number of hydrogen-bond acceptors (Lipinski definition) is 1. The van der Waals surface area contributed by atoms with Crippen molar-refractivity contribution >= 4 is 12.4 Å². The van der Waals surface area contributed by atoms with E-state index in [9.17, 15) is 0 Å². The van der Waals surface area contributed by atoms with Crippen molar-refractivity contribution in [3.8, 4) is 0 Å². The Labute approximate surface area is 85.5 Å². The molecule has 0 N–H and O–H groups in total. The van der Waals surface area contributed by atoms with Crippen LogP contribution in [0.3, 0.4) is 0 Å². The van der Waals surface area contributed by atoms with E-state index in [4.69, 9.17) is 0 Å². The fourth-order valence-corrected chi connectivity index (χ4v) is 1.49. The van der Waals surface area contributed by atoms with Crippen molar-refractivity contribution in [2.75, 3.05) is 6.54 Å².